The zero-order valence-electron chi connectivity index (χ0n) is 13.2. The first-order valence-corrected chi connectivity index (χ1v) is 8.83. The Morgan fingerprint density at radius 3 is 2.00 bits per heavy atom. The molecule has 4 fully saturated rings. The first-order chi connectivity index (χ1) is 9.74. The van der Waals surface area contributed by atoms with E-state index in [-0.39, 0.29) is 11.3 Å². The van der Waals surface area contributed by atoms with Crippen LogP contribution in [0.5, 0.6) is 0 Å². The van der Waals surface area contributed by atoms with Gasteiger partial charge in [0.25, 0.3) is 0 Å². The van der Waals surface area contributed by atoms with Crippen molar-refractivity contribution in [3.8, 4) is 0 Å². The van der Waals surface area contributed by atoms with Crippen molar-refractivity contribution in [2.45, 2.75) is 59.3 Å². The SMILES string of the molecule is CC12CC3(C)CC(C)(C1)CC(C(=O)Nc1nccs1)(C2)C3. The van der Waals surface area contributed by atoms with Crippen LogP contribution in [-0.4, -0.2) is 10.9 Å². The Morgan fingerprint density at radius 1 is 1.05 bits per heavy atom. The van der Waals surface area contributed by atoms with Gasteiger partial charge in [0, 0.05) is 11.6 Å². The largest absolute Gasteiger partial charge is 0.301 e. The first kappa shape index (κ1) is 13.7. The van der Waals surface area contributed by atoms with Crippen LogP contribution in [0.3, 0.4) is 0 Å². The molecule has 1 aromatic rings. The van der Waals surface area contributed by atoms with E-state index < -0.39 is 0 Å². The van der Waals surface area contributed by atoms with Crippen molar-refractivity contribution < 1.29 is 4.79 Å². The van der Waals surface area contributed by atoms with Gasteiger partial charge in [-0.3, -0.25) is 4.79 Å². The molecule has 0 aliphatic heterocycles. The highest BCUT2D eigenvalue weighted by molar-refractivity contribution is 7.13. The number of thiazole rings is 1. The van der Waals surface area contributed by atoms with E-state index in [1.807, 2.05) is 5.38 Å². The molecule has 1 amide bonds. The maximum Gasteiger partial charge on any atom is 0.232 e. The average Bonchev–Trinajstić information content (AvgIpc) is 2.74. The fraction of sp³-hybridized carbons (Fsp3) is 0.765. The van der Waals surface area contributed by atoms with Gasteiger partial charge < -0.3 is 5.32 Å². The fourth-order valence-corrected chi connectivity index (χ4v) is 7.57. The molecule has 4 aliphatic rings. The highest BCUT2D eigenvalue weighted by Gasteiger charge is 2.66. The van der Waals surface area contributed by atoms with Crippen molar-refractivity contribution in [3.63, 3.8) is 0 Å². The van der Waals surface area contributed by atoms with Gasteiger partial charge >= 0.3 is 0 Å². The van der Waals surface area contributed by atoms with Crippen LogP contribution in [0.15, 0.2) is 11.6 Å². The van der Waals surface area contributed by atoms with Crippen LogP contribution in [0.25, 0.3) is 0 Å². The number of carbonyl (C=O) groups excluding carboxylic acids is 1. The minimum Gasteiger partial charge on any atom is -0.301 e. The first-order valence-electron chi connectivity index (χ1n) is 7.95. The standard InChI is InChI=1S/C17H24N2OS/c1-14-6-15(2)8-16(3,7-14)11-17(9-14,10-15)12(20)19-13-18-4-5-21-13/h4-5H,6-11H2,1-3H3,(H,18,19,20). The summed E-state index contributed by atoms with van der Waals surface area (Å²) in [5.74, 6) is 0.222. The fourth-order valence-electron chi connectivity index (χ4n) is 7.05. The van der Waals surface area contributed by atoms with Gasteiger partial charge in [0.05, 0.1) is 5.41 Å². The molecule has 5 rings (SSSR count). The highest BCUT2D eigenvalue weighted by Crippen LogP contribution is 2.73. The minimum absolute atomic E-state index is 0.168. The number of aromatic nitrogens is 1. The Hall–Kier alpha value is -0.900. The number of nitrogens with one attached hydrogen (secondary N) is 1. The third kappa shape index (κ3) is 2.06. The van der Waals surface area contributed by atoms with E-state index in [0.29, 0.717) is 16.2 Å². The molecule has 4 aliphatic carbocycles. The lowest BCUT2D eigenvalue weighted by molar-refractivity contribution is -0.188. The summed E-state index contributed by atoms with van der Waals surface area (Å²) in [7, 11) is 0. The summed E-state index contributed by atoms with van der Waals surface area (Å²) in [5, 5.41) is 5.76. The number of hydrogen-bond donors (Lipinski definition) is 1. The Morgan fingerprint density at radius 2 is 1.57 bits per heavy atom. The molecule has 4 heteroatoms. The molecule has 1 N–H and O–H groups in total. The van der Waals surface area contributed by atoms with Crippen molar-refractivity contribution in [1.29, 1.82) is 0 Å². The maximum absolute atomic E-state index is 13.0. The van der Waals surface area contributed by atoms with Crippen molar-refractivity contribution in [3.05, 3.63) is 11.6 Å². The van der Waals surface area contributed by atoms with Crippen molar-refractivity contribution in [1.82, 2.24) is 4.98 Å². The van der Waals surface area contributed by atoms with Crippen LogP contribution >= 0.6 is 11.3 Å². The normalized spacial score (nSPS) is 47.6. The van der Waals surface area contributed by atoms with Crippen LogP contribution in [0, 0.1) is 21.7 Å². The monoisotopic (exact) mass is 304 g/mol. The Kier molecular flexibility index (Phi) is 2.55. The topological polar surface area (TPSA) is 42.0 Å². The molecule has 0 spiro atoms. The average molecular weight is 304 g/mol. The Labute approximate surface area is 130 Å². The molecule has 4 bridgehead atoms. The molecule has 3 nitrogen and oxygen atoms in total. The lowest BCUT2D eigenvalue weighted by Gasteiger charge is -2.68. The van der Waals surface area contributed by atoms with E-state index in [0.717, 1.165) is 24.4 Å². The van der Waals surface area contributed by atoms with Gasteiger partial charge in [-0.2, -0.15) is 0 Å². The molecular formula is C17H24N2OS. The zero-order valence-corrected chi connectivity index (χ0v) is 14.0. The predicted octanol–water partition coefficient (Wildman–Crippen LogP) is 4.47. The second kappa shape index (κ2) is 3.89. The van der Waals surface area contributed by atoms with Crippen LogP contribution < -0.4 is 5.32 Å². The summed E-state index contributed by atoms with van der Waals surface area (Å²) < 4.78 is 0. The molecule has 0 atom stereocenters. The maximum atomic E-state index is 13.0. The molecule has 1 aromatic heterocycles. The van der Waals surface area contributed by atoms with Gasteiger partial charge in [0.2, 0.25) is 5.91 Å². The molecule has 0 radical (unpaired) electrons. The number of carbonyl (C=O) groups is 1. The molecular weight excluding hydrogens is 280 g/mol. The smallest absolute Gasteiger partial charge is 0.232 e. The number of rotatable bonds is 2. The summed E-state index contributed by atoms with van der Waals surface area (Å²) in [6, 6.07) is 0. The van der Waals surface area contributed by atoms with Crippen LogP contribution in [-0.2, 0) is 4.79 Å². The van der Waals surface area contributed by atoms with E-state index in [4.69, 9.17) is 0 Å². The molecule has 1 heterocycles. The molecule has 114 valence electrons. The third-order valence-corrected chi connectivity index (χ3v) is 6.68. The zero-order chi connectivity index (χ0) is 14.9. The summed E-state index contributed by atoms with van der Waals surface area (Å²) in [5.41, 5.74) is 0.869. The van der Waals surface area contributed by atoms with E-state index in [1.54, 1.807) is 6.20 Å². The second-order valence-electron chi connectivity index (χ2n) is 9.06. The predicted molar refractivity (Wildman–Crippen MR) is 85.2 cm³/mol. The van der Waals surface area contributed by atoms with Crippen molar-refractivity contribution >= 4 is 22.4 Å². The molecule has 0 unspecified atom stereocenters. The molecule has 21 heavy (non-hydrogen) atoms. The van der Waals surface area contributed by atoms with E-state index in [2.05, 4.69) is 31.1 Å². The van der Waals surface area contributed by atoms with E-state index in [1.165, 1.54) is 30.6 Å². The lowest BCUT2D eigenvalue weighted by Crippen LogP contribution is -2.62. The number of hydrogen-bond acceptors (Lipinski definition) is 3. The summed E-state index contributed by atoms with van der Waals surface area (Å²) in [4.78, 5) is 17.3. The van der Waals surface area contributed by atoms with Crippen LogP contribution in [0.4, 0.5) is 5.13 Å². The van der Waals surface area contributed by atoms with Gasteiger partial charge in [-0.15, -0.1) is 11.3 Å². The summed E-state index contributed by atoms with van der Waals surface area (Å²) in [6.45, 7) is 7.23. The van der Waals surface area contributed by atoms with E-state index in [9.17, 15) is 4.79 Å². The number of amides is 1. The highest BCUT2D eigenvalue weighted by atomic mass is 32.1. The van der Waals surface area contributed by atoms with Gasteiger partial charge in [-0.1, -0.05) is 20.8 Å². The van der Waals surface area contributed by atoms with Gasteiger partial charge in [0.15, 0.2) is 5.13 Å². The number of nitrogens with zero attached hydrogens (tertiary/aromatic N) is 1. The van der Waals surface area contributed by atoms with Crippen LogP contribution in [0.1, 0.15) is 59.3 Å². The quantitative estimate of drug-likeness (QED) is 0.876. The second-order valence-corrected chi connectivity index (χ2v) is 9.96. The molecule has 4 saturated carbocycles. The van der Waals surface area contributed by atoms with Gasteiger partial charge in [-0.25, -0.2) is 4.98 Å². The minimum atomic E-state index is -0.168. The van der Waals surface area contributed by atoms with Crippen molar-refractivity contribution in [2.75, 3.05) is 5.32 Å². The number of anilines is 1. The summed E-state index contributed by atoms with van der Waals surface area (Å²) in [6.07, 6.45) is 8.81. The Bertz CT molecular complexity index is 540. The molecule has 0 aromatic carbocycles. The van der Waals surface area contributed by atoms with Crippen molar-refractivity contribution in [2.24, 2.45) is 21.7 Å². The van der Waals surface area contributed by atoms with E-state index >= 15 is 0 Å². The summed E-state index contributed by atoms with van der Waals surface area (Å²) >= 11 is 1.51. The Balaban J connectivity index is 1.69. The third-order valence-electron chi connectivity index (χ3n) is 5.99. The van der Waals surface area contributed by atoms with Gasteiger partial charge in [0.1, 0.15) is 0 Å². The molecule has 0 saturated heterocycles. The van der Waals surface area contributed by atoms with Gasteiger partial charge in [-0.05, 0) is 54.8 Å². The lowest BCUT2D eigenvalue weighted by atomic mass is 9.36. The van der Waals surface area contributed by atoms with Crippen LogP contribution in [0.2, 0.25) is 0 Å².